The lowest BCUT2D eigenvalue weighted by Gasteiger charge is -2.16. The summed E-state index contributed by atoms with van der Waals surface area (Å²) < 4.78 is 17.2. The van der Waals surface area contributed by atoms with E-state index in [4.69, 9.17) is 14.2 Å². The van der Waals surface area contributed by atoms with E-state index < -0.39 is 23.9 Å². The highest BCUT2D eigenvalue weighted by molar-refractivity contribution is 5.91. The van der Waals surface area contributed by atoms with Gasteiger partial charge in [-0.1, -0.05) is 211 Å². The van der Waals surface area contributed by atoms with Crippen molar-refractivity contribution in [3.05, 3.63) is 54.2 Å². The molecule has 0 aliphatic rings. The number of hydrogen-bond donors (Lipinski definition) is 1. The first-order valence-electron chi connectivity index (χ1n) is 28.8. The van der Waals surface area contributed by atoms with E-state index in [1.165, 1.54) is 128 Å². The molecule has 0 aliphatic carbocycles. The Balaban J connectivity index is 2.71. The fourth-order valence-corrected chi connectivity index (χ4v) is 8.48. The van der Waals surface area contributed by atoms with Gasteiger partial charge in [-0.25, -0.2) is 4.79 Å². The number of rotatable bonds is 49. The van der Waals surface area contributed by atoms with Gasteiger partial charge in [0.15, 0.2) is 11.5 Å². The fourth-order valence-electron chi connectivity index (χ4n) is 8.48. The number of allylic oxidation sites excluding steroid dienone is 6. The number of unbranched alkanes of at least 4 members (excludes halogenated alkanes) is 33. The van der Waals surface area contributed by atoms with Crippen molar-refractivity contribution in [2.45, 2.75) is 290 Å². The van der Waals surface area contributed by atoms with E-state index in [-0.39, 0.29) is 42.1 Å². The van der Waals surface area contributed by atoms with Crippen molar-refractivity contribution in [3.63, 3.8) is 0 Å². The Morgan fingerprint density at radius 2 is 0.580 bits per heavy atom. The van der Waals surface area contributed by atoms with Crippen LogP contribution in [-0.2, 0) is 14.4 Å². The van der Waals surface area contributed by atoms with Crippen molar-refractivity contribution < 1.29 is 38.5 Å². The van der Waals surface area contributed by atoms with Crippen LogP contribution in [0.15, 0.2) is 48.6 Å². The molecule has 0 bridgehead atoms. The maximum absolute atomic E-state index is 13.3. The maximum atomic E-state index is 13.3. The number of esters is 3. The minimum atomic E-state index is -1.29. The highest BCUT2D eigenvalue weighted by Gasteiger charge is 2.24. The lowest BCUT2D eigenvalue weighted by molar-refractivity contribution is -0.138. The maximum Gasteiger partial charge on any atom is 0.335 e. The molecule has 8 heteroatoms. The zero-order valence-electron chi connectivity index (χ0n) is 44.6. The summed E-state index contributed by atoms with van der Waals surface area (Å²) in [5.41, 5.74) is -0.236. The number of carboxylic acid groups (broad SMARTS) is 1. The molecule has 1 N–H and O–H groups in total. The third kappa shape index (κ3) is 39.7. The monoisotopic (exact) mass is 963 g/mol. The van der Waals surface area contributed by atoms with Gasteiger partial charge in [0.1, 0.15) is 0 Å². The number of carbonyl (C=O) groups excluding carboxylic acids is 3. The fraction of sp³-hybridized carbons (Fsp3) is 0.738. The largest absolute Gasteiger partial charge is 0.478 e. The van der Waals surface area contributed by atoms with E-state index in [2.05, 4.69) is 57.2 Å². The zero-order chi connectivity index (χ0) is 50.1. The molecule has 0 radical (unpaired) electrons. The third-order valence-electron chi connectivity index (χ3n) is 12.9. The number of hydrogen-bond acceptors (Lipinski definition) is 7. The van der Waals surface area contributed by atoms with Crippen molar-refractivity contribution in [1.82, 2.24) is 0 Å². The van der Waals surface area contributed by atoms with E-state index >= 15 is 0 Å². The van der Waals surface area contributed by atoms with Crippen LogP contribution in [0.5, 0.6) is 17.2 Å². The average Bonchev–Trinajstić information content (AvgIpc) is 3.33. The quantitative estimate of drug-likeness (QED) is 0.0297. The van der Waals surface area contributed by atoms with Gasteiger partial charge >= 0.3 is 23.9 Å². The van der Waals surface area contributed by atoms with Crippen LogP contribution < -0.4 is 14.2 Å². The van der Waals surface area contributed by atoms with Crippen LogP contribution in [0.2, 0.25) is 0 Å². The van der Waals surface area contributed by atoms with E-state index in [0.717, 1.165) is 116 Å². The van der Waals surface area contributed by atoms with Gasteiger partial charge in [-0.2, -0.15) is 0 Å². The Bertz CT molecular complexity index is 1430. The van der Waals surface area contributed by atoms with Crippen molar-refractivity contribution >= 4 is 23.9 Å². The summed E-state index contributed by atoms with van der Waals surface area (Å²) in [6, 6.07) is 2.35. The first-order valence-corrected chi connectivity index (χ1v) is 28.8. The predicted molar refractivity (Wildman–Crippen MR) is 289 cm³/mol. The van der Waals surface area contributed by atoms with Gasteiger partial charge in [-0.15, -0.1) is 0 Å². The number of carboxylic acids is 1. The molecule has 1 rings (SSSR count). The highest BCUT2D eigenvalue weighted by Crippen LogP contribution is 2.40. The van der Waals surface area contributed by atoms with Gasteiger partial charge in [0, 0.05) is 19.3 Å². The van der Waals surface area contributed by atoms with Crippen molar-refractivity contribution in [2.75, 3.05) is 0 Å². The molecule has 1 aromatic rings. The molecular weight excluding hydrogens is 861 g/mol. The summed E-state index contributed by atoms with van der Waals surface area (Å²) >= 11 is 0. The summed E-state index contributed by atoms with van der Waals surface area (Å²) in [7, 11) is 0. The average molecular weight is 963 g/mol. The second-order valence-corrected chi connectivity index (χ2v) is 19.5. The molecule has 0 amide bonds. The summed E-state index contributed by atoms with van der Waals surface area (Å²) in [6.45, 7) is 6.74. The topological polar surface area (TPSA) is 116 Å². The van der Waals surface area contributed by atoms with Gasteiger partial charge < -0.3 is 19.3 Å². The second kappa shape index (κ2) is 48.0. The summed E-state index contributed by atoms with van der Waals surface area (Å²) in [5.74, 6) is -3.65. The summed E-state index contributed by atoms with van der Waals surface area (Å²) in [6.07, 6.45) is 58.6. The van der Waals surface area contributed by atoms with E-state index in [1.54, 1.807) is 0 Å². The normalized spacial score (nSPS) is 11.6. The molecule has 0 aliphatic heterocycles. The lowest BCUT2D eigenvalue weighted by Crippen LogP contribution is -2.16. The first-order chi connectivity index (χ1) is 33.8. The summed E-state index contributed by atoms with van der Waals surface area (Å²) in [4.78, 5) is 51.8. The third-order valence-corrected chi connectivity index (χ3v) is 12.9. The van der Waals surface area contributed by atoms with Gasteiger partial charge in [0.05, 0.1) is 5.56 Å². The van der Waals surface area contributed by atoms with Crippen LogP contribution in [0.25, 0.3) is 0 Å². The van der Waals surface area contributed by atoms with Crippen molar-refractivity contribution in [3.8, 4) is 17.2 Å². The molecule has 0 heterocycles. The SMILES string of the molecule is CCCCCCCC/C=C\CCCCCCCC(=O)Oc1cc(C(=O)O)cc(OC(=O)CCCCCCC/C=C\CCCCCCCC)c1OC(=O)CCCCCCC/C=C\CCCCCCCC. The Hall–Kier alpha value is -3.68. The molecule has 0 saturated heterocycles. The van der Waals surface area contributed by atoms with Crippen molar-refractivity contribution in [2.24, 2.45) is 0 Å². The number of carbonyl (C=O) groups is 4. The molecule has 394 valence electrons. The Labute approximate surface area is 422 Å². The predicted octanol–water partition coefficient (Wildman–Crippen LogP) is 19.2. The van der Waals surface area contributed by atoms with Gasteiger partial charge in [0.25, 0.3) is 0 Å². The number of aromatic carboxylic acids is 1. The number of ether oxygens (including phenoxy) is 3. The van der Waals surface area contributed by atoms with Gasteiger partial charge in [0.2, 0.25) is 5.75 Å². The first kappa shape index (κ1) is 63.3. The van der Waals surface area contributed by atoms with Crippen molar-refractivity contribution in [1.29, 1.82) is 0 Å². The van der Waals surface area contributed by atoms with Crippen LogP contribution in [0, 0.1) is 0 Å². The number of benzene rings is 1. The molecule has 69 heavy (non-hydrogen) atoms. The summed E-state index contributed by atoms with van der Waals surface area (Å²) in [5, 5.41) is 9.98. The van der Waals surface area contributed by atoms with Crippen LogP contribution in [0.1, 0.15) is 301 Å². The Kier molecular flexibility index (Phi) is 44.0. The molecule has 0 atom stereocenters. The highest BCUT2D eigenvalue weighted by atomic mass is 16.6. The molecule has 0 spiro atoms. The minimum Gasteiger partial charge on any atom is -0.478 e. The smallest absolute Gasteiger partial charge is 0.335 e. The second-order valence-electron chi connectivity index (χ2n) is 19.5. The zero-order valence-corrected chi connectivity index (χ0v) is 44.6. The molecular formula is C61H102O8. The van der Waals surface area contributed by atoms with Crippen LogP contribution >= 0.6 is 0 Å². The van der Waals surface area contributed by atoms with E-state index in [9.17, 15) is 24.3 Å². The molecule has 0 aromatic heterocycles. The van der Waals surface area contributed by atoms with Gasteiger partial charge in [-0.05, 0) is 108 Å². The van der Waals surface area contributed by atoms with Crippen LogP contribution in [0.3, 0.4) is 0 Å². The molecule has 0 unspecified atom stereocenters. The lowest BCUT2D eigenvalue weighted by atomic mass is 10.1. The molecule has 0 fully saturated rings. The van der Waals surface area contributed by atoms with E-state index in [1.807, 2.05) is 0 Å². The van der Waals surface area contributed by atoms with Crippen LogP contribution in [-0.4, -0.2) is 29.0 Å². The van der Waals surface area contributed by atoms with Gasteiger partial charge in [-0.3, -0.25) is 14.4 Å². The van der Waals surface area contributed by atoms with E-state index in [0.29, 0.717) is 19.3 Å². The molecule has 0 saturated carbocycles. The standard InChI is InChI=1S/C61H102O8/c1-4-7-10-13-16-19-22-25-28-31-34-37-40-43-46-49-57(62)67-55-52-54(61(65)66)53-56(68-58(63)50-47-44-41-38-35-32-29-26-23-20-17-14-11-8-5-2)60(55)69-59(64)51-48-45-42-39-36-33-30-27-24-21-18-15-12-9-6-3/h25-30,52-53H,4-24,31-51H2,1-3H3,(H,65,66)/b28-25-,29-26-,30-27-. The Morgan fingerprint density at radius 3 is 0.841 bits per heavy atom. The van der Waals surface area contributed by atoms with Crippen LogP contribution in [0.4, 0.5) is 0 Å². The Morgan fingerprint density at radius 1 is 0.348 bits per heavy atom. The molecule has 1 aromatic carbocycles. The minimum absolute atomic E-state index is 0.127. The molecule has 8 nitrogen and oxygen atoms in total.